The van der Waals surface area contributed by atoms with E-state index in [1.54, 1.807) is 23.1 Å². The van der Waals surface area contributed by atoms with Gasteiger partial charge in [-0.1, -0.05) is 11.6 Å². The highest BCUT2D eigenvalue weighted by Gasteiger charge is 2.26. The number of hydrogen-bond acceptors (Lipinski definition) is 4. The van der Waals surface area contributed by atoms with Gasteiger partial charge in [0.15, 0.2) is 0 Å². The first kappa shape index (κ1) is 15.6. The molecule has 0 bridgehead atoms. The molecule has 2 aliphatic rings. The number of anilines is 1. The first-order valence-electron chi connectivity index (χ1n) is 8.63. The summed E-state index contributed by atoms with van der Waals surface area (Å²) in [6.45, 7) is 2.62. The molecule has 6 heteroatoms. The Morgan fingerprint density at radius 2 is 1.92 bits per heavy atom. The minimum absolute atomic E-state index is 0.0130. The van der Waals surface area contributed by atoms with E-state index in [-0.39, 0.29) is 5.56 Å². The van der Waals surface area contributed by atoms with Gasteiger partial charge in [0.2, 0.25) is 0 Å². The van der Waals surface area contributed by atoms with E-state index in [1.807, 2.05) is 12.1 Å². The van der Waals surface area contributed by atoms with E-state index >= 15 is 0 Å². The van der Waals surface area contributed by atoms with E-state index in [9.17, 15) is 4.79 Å². The molecule has 0 unspecified atom stereocenters. The second-order valence-electron chi connectivity index (χ2n) is 6.81. The van der Waals surface area contributed by atoms with Gasteiger partial charge in [-0.05, 0) is 43.7 Å². The molecule has 126 valence electrons. The molecule has 3 heterocycles. The van der Waals surface area contributed by atoms with Crippen LogP contribution in [0.1, 0.15) is 37.3 Å². The maximum atomic E-state index is 12.1. The SMILES string of the molecule is O=c1ccc(C2CC2)nn1CC1CCN(c2ccncc2Cl)CC1. The monoisotopic (exact) mass is 344 g/mol. The fourth-order valence-corrected chi connectivity index (χ4v) is 3.66. The number of rotatable bonds is 4. The summed E-state index contributed by atoms with van der Waals surface area (Å²) in [6, 6.07) is 5.53. The third-order valence-electron chi connectivity index (χ3n) is 5.02. The van der Waals surface area contributed by atoms with Crippen LogP contribution in [-0.4, -0.2) is 27.9 Å². The van der Waals surface area contributed by atoms with Crippen LogP contribution in [-0.2, 0) is 6.54 Å². The zero-order valence-electron chi connectivity index (χ0n) is 13.6. The second-order valence-corrected chi connectivity index (χ2v) is 7.22. The van der Waals surface area contributed by atoms with Crippen LogP contribution in [0, 0.1) is 5.92 Å². The van der Waals surface area contributed by atoms with E-state index in [1.165, 1.54) is 12.8 Å². The average Bonchev–Trinajstić information content (AvgIpc) is 3.43. The summed E-state index contributed by atoms with van der Waals surface area (Å²) in [5, 5.41) is 5.28. The van der Waals surface area contributed by atoms with Crippen LogP contribution in [0.25, 0.3) is 0 Å². The van der Waals surface area contributed by atoms with Crippen molar-refractivity contribution in [3.63, 3.8) is 0 Å². The molecule has 0 spiro atoms. The van der Waals surface area contributed by atoms with Crippen molar-refractivity contribution in [2.75, 3.05) is 18.0 Å². The molecule has 1 saturated heterocycles. The number of pyridine rings is 1. The van der Waals surface area contributed by atoms with Crippen molar-refractivity contribution < 1.29 is 0 Å². The lowest BCUT2D eigenvalue weighted by Crippen LogP contribution is -2.37. The average molecular weight is 345 g/mol. The Kier molecular flexibility index (Phi) is 4.27. The van der Waals surface area contributed by atoms with Gasteiger partial charge in [0.1, 0.15) is 0 Å². The molecule has 4 rings (SSSR count). The molecule has 5 nitrogen and oxygen atoms in total. The van der Waals surface area contributed by atoms with Crippen LogP contribution in [0.15, 0.2) is 35.4 Å². The smallest absolute Gasteiger partial charge is 0.266 e. The lowest BCUT2D eigenvalue weighted by atomic mass is 9.96. The van der Waals surface area contributed by atoms with Gasteiger partial charge in [-0.25, -0.2) is 4.68 Å². The van der Waals surface area contributed by atoms with Crippen molar-refractivity contribution in [2.24, 2.45) is 5.92 Å². The first-order valence-corrected chi connectivity index (χ1v) is 9.01. The highest BCUT2D eigenvalue weighted by atomic mass is 35.5. The Balaban J connectivity index is 1.41. The summed E-state index contributed by atoms with van der Waals surface area (Å²) in [7, 11) is 0. The molecule has 0 amide bonds. The molecule has 1 saturated carbocycles. The molecule has 2 aromatic rings. The molecule has 2 aromatic heterocycles. The molecular weight excluding hydrogens is 324 g/mol. The number of nitrogens with zero attached hydrogens (tertiary/aromatic N) is 4. The molecule has 1 aliphatic heterocycles. The molecule has 1 aliphatic carbocycles. The van der Waals surface area contributed by atoms with Crippen LogP contribution in [0.2, 0.25) is 5.02 Å². The molecule has 24 heavy (non-hydrogen) atoms. The third kappa shape index (κ3) is 3.31. The van der Waals surface area contributed by atoms with Crippen LogP contribution < -0.4 is 10.5 Å². The van der Waals surface area contributed by atoms with Gasteiger partial charge in [0.05, 0.1) is 16.4 Å². The predicted octanol–water partition coefficient (Wildman–Crippen LogP) is 3.09. The topological polar surface area (TPSA) is 51.0 Å². The summed E-state index contributed by atoms with van der Waals surface area (Å²) < 4.78 is 1.67. The minimum atomic E-state index is 0.0130. The highest BCUT2D eigenvalue weighted by Crippen LogP contribution is 2.38. The van der Waals surface area contributed by atoms with Crippen LogP contribution >= 0.6 is 11.6 Å². The van der Waals surface area contributed by atoms with Crippen molar-refractivity contribution in [3.05, 3.63) is 51.7 Å². The van der Waals surface area contributed by atoms with Gasteiger partial charge in [-0.3, -0.25) is 9.78 Å². The van der Waals surface area contributed by atoms with E-state index in [2.05, 4.69) is 15.0 Å². The summed E-state index contributed by atoms with van der Waals surface area (Å²) in [4.78, 5) is 18.4. The normalized spacial score (nSPS) is 18.8. The van der Waals surface area contributed by atoms with Gasteiger partial charge < -0.3 is 4.90 Å². The Morgan fingerprint density at radius 3 is 2.62 bits per heavy atom. The van der Waals surface area contributed by atoms with Crippen LogP contribution in [0.4, 0.5) is 5.69 Å². The fourth-order valence-electron chi connectivity index (χ4n) is 3.42. The van der Waals surface area contributed by atoms with Gasteiger partial charge in [0.25, 0.3) is 5.56 Å². The minimum Gasteiger partial charge on any atom is -0.370 e. The predicted molar refractivity (Wildman–Crippen MR) is 94.7 cm³/mol. The van der Waals surface area contributed by atoms with Crippen molar-refractivity contribution >= 4 is 17.3 Å². The van der Waals surface area contributed by atoms with Crippen LogP contribution in [0.3, 0.4) is 0 Å². The quantitative estimate of drug-likeness (QED) is 0.855. The number of aromatic nitrogens is 3. The van der Waals surface area contributed by atoms with E-state index in [0.717, 1.165) is 43.9 Å². The van der Waals surface area contributed by atoms with Crippen molar-refractivity contribution in [3.8, 4) is 0 Å². The summed E-state index contributed by atoms with van der Waals surface area (Å²) in [5.74, 6) is 1.06. The lowest BCUT2D eigenvalue weighted by Gasteiger charge is -2.34. The van der Waals surface area contributed by atoms with Crippen LogP contribution in [0.5, 0.6) is 0 Å². The van der Waals surface area contributed by atoms with Crippen molar-refractivity contribution in [1.29, 1.82) is 0 Å². The Hall–Kier alpha value is -1.88. The highest BCUT2D eigenvalue weighted by molar-refractivity contribution is 6.33. The number of halogens is 1. The summed E-state index contributed by atoms with van der Waals surface area (Å²) >= 11 is 6.24. The Labute approximate surface area is 146 Å². The second kappa shape index (κ2) is 6.55. The molecule has 0 atom stereocenters. The first-order chi connectivity index (χ1) is 11.7. The number of hydrogen-bond donors (Lipinski definition) is 0. The molecule has 0 aromatic carbocycles. The van der Waals surface area contributed by atoms with Gasteiger partial charge in [-0.15, -0.1) is 0 Å². The third-order valence-corrected chi connectivity index (χ3v) is 5.31. The summed E-state index contributed by atoms with van der Waals surface area (Å²) in [6.07, 6.45) is 7.96. The molecule has 0 radical (unpaired) electrons. The number of piperidine rings is 1. The van der Waals surface area contributed by atoms with E-state index in [4.69, 9.17) is 11.6 Å². The van der Waals surface area contributed by atoms with Gasteiger partial charge in [0, 0.05) is 44.0 Å². The Morgan fingerprint density at radius 1 is 1.12 bits per heavy atom. The molecular formula is C18H21ClN4O. The molecule has 0 N–H and O–H groups in total. The maximum Gasteiger partial charge on any atom is 0.266 e. The van der Waals surface area contributed by atoms with Gasteiger partial charge >= 0.3 is 0 Å². The standard InChI is InChI=1S/C18H21ClN4O/c19-15-11-20-8-5-17(15)22-9-6-13(7-10-22)12-23-18(24)4-3-16(21-23)14-1-2-14/h3-5,8,11,13-14H,1-2,6-7,9-10,12H2. The van der Waals surface area contributed by atoms with Crippen molar-refractivity contribution in [2.45, 2.75) is 38.1 Å². The maximum absolute atomic E-state index is 12.1. The summed E-state index contributed by atoms with van der Waals surface area (Å²) in [5.41, 5.74) is 2.14. The zero-order valence-corrected chi connectivity index (χ0v) is 14.3. The lowest BCUT2D eigenvalue weighted by molar-refractivity contribution is 0.333. The van der Waals surface area contributed by atoms with E-state index < -0.39 is 0 Å². The van der Waals surface area contributed by atoms with Gasteiger partial charge in [-0.2, -0.15) is 5.10 Å². The zero-order chi connectivity index (χ0) is 16.5. The van der Waals surface area contributed by atoms with E-state index in [0.29, 0.717) is 16.9 Å². The Bertz CT molecular complexity index is 779. The van der Waals surface area contributed by atoms with Crippen molar-refractivity contribution in [1.82, 2.24) is 14.8 Å². The largest absolute Gasteiger partial charge is 0.370 e. The molecule has 2 fully saturated rings. The fraction of sp³-hybridized carbons (Fsp3) is 0.500.